The number of H-pyrrole nitrogens is 1. The minimum atomic E-state index is -0.0576. The Bertz CT molecular complexity index is 351. The molecule has 72 valence electrons. The first-order chi connectivity index (χ1) is 6.09. The smallest absolute Gasteiger partial charge is 0.266 e. The van der Waals surface area contributed by atoms with Crippen LogP contribution in [0.1, 0.15) is 12.6 Å². The number of hydrogen-bond donors (Lipinski definition) is 2. The molecule has 1 rings (SSSR count). The largest absolute Gasteiger partial charge is 0.356 e. The highest BCUT2D eigenvalue weighted by atomic mass is 16.1. The van der Waals surface area contributed by atoms with Gasteiger partial charge in [-0.15, -0.1) is 0 Å². The van der Waals surface area contributed by atoms with Crippen molar-refractivity contribution < 1.29 is 4.79 Å². The fourth-order valence-electron chi connectivity index (χ4n) is 1.05. The highest BCUT2D eigenvalue weighted by Gasteiger charge is 1.99. The molecule has 1 aromatic heterocycles. The molecule has 0 aliphatic heterocycles. The van der Waals surface area contributed by atoms with Crippen LogP contribution in [0.15, 0.2) is 10.9 Å². The van der Waals surface area contributed by atoms with Gasteiger partial charge in [0.15, 0.2) is 0 Å². The third-order valence-corrected chi connectivity index (χ3v) is 1.71. The molecule has 2 N–H and O–H groups in total. The van der Waals surface area contributed by atoms with E-state index in [1.165, 1.54) is 17.7 Å². The van der Waals surface area contributed by atoms with E-state index in [-0.39, 0.29) is 11.5 Å². The van der Waals surface area contributed by atoms with E-state index >= 15 is 0 Å². The summed E-state index contributed by atoms with van der Waals surface area (Å²) in [6.07, 6.45) is 0.648. The number of aryl methyl sites for hydroxylation is 1. The summed E-state index contributed by atoms with van der Waals surface area (Å²) in [5, 5.41) is 5.52. The zero-order valence-electron chi connectivity index (χ0n) is 7.76. The van der Waals surface area contributed by atoms with E-state index in [0.29, 0.717) is 13.0 Å². The summed E-state index contributed by atoms with van der Waals surface area (Å²) in [5.74, 6) is -0.0571. The molecule has 0 radical (unpaired) electrons. The Hall–Kier alpha value is -1.52. The second-order valence-electron chi connectivity index (χ2n) is 2.91. The summed E-state index contributed by atoms with van der Waals surface area (Å²) >= 11 is 0. The summed E-state index contributed by atoms with van der Waals surface area (Å²) < 4.78 is 1.41. The van der Waals surface area contributed by atoms with Gasteiger partial charge in [0.05, 0.1) is 0 Å². The maximum atomic E-state index is 11.0. The van der Waals surface area contributed by atoms with Gasteiger partial charge < -0.3 is 5.32 Å². The first-order valence-corrected chi connectivity index (χ1v) is 4.09. The molecule has 0 spiro atoms. The molecular weight excluding hydrogens is 170 g/mol. The van der Waals surface area contributed by atoms with Crippen LogP contribution in [0, 0.1) is 0 Å². The molecular formula is C8H13N3O2. The van der Waals surface area contributed by atoms with Gasteiger partial charge in [-0.2, -0.15) is 0 Å². The van der Waals surface area contributed by atoms with Gasteiger partial charge in [0.1, 0.15) is 0 Å². The predicted octanol–water partition coefficient (Wildman–Crippen LogP) is -0.608. The van der Waals surface area contributed by atoms with Gasteiger partial charge >= 0.3 is 0 Å². The maximum absolute atomic E-state index is 11.0. The molecule has 0 saturated carbocycles. The van der Waals surface area contributed by atoms with Crippen molar-refractivity contribution in [3.05, 3.63) is 22.1 Å². The van der Waals surface area contributed by atoms with Crippen molar-refractivity contribution in [3.8, 4) is 0 Å². The molecule has 0 aliphatic carbocycles. The van der Waals surface area contributed by atoms with Crippen molar-refractivity contribution in [1.29, 1.82) is 0 Å². The number of amides is 1. The lowest BCUT2D eigenvalue weighted by molar-refractivity contribution is -0.118. The molecule has 0 fully saturated rings. The van der Waals surface area contributed by atoms with Crippen LogP contribution in [0.25, 0.3) is 0 Å². The first kappa shape index (κ1) is 9.57. The summed E-state index contributed by atoms with van der Waals surface area (Å²) in [6.45, 7) is 2.02. The fraction of sp³-hybridized carbons (Fsp3) is 0.500. The topological polar surface area (TPSA) is 66.9 Å². The van der Waals surface area contributed by atoms with E-state index in [2.05, 4.69) is 10.4 Å². The van der Waals surface area contributed by atoms with Crippen molar-refractivity contribution in [2.24, 2.45) is 7.05 Å². The Morgan fingerprint density at radius 3 is 2.85 bits per heavy atom. The molecule has 1 heterocycles. The number of nitrogens with zero attached hydrogens (tertiary/aromatic N) is 1. The number of rotatable bonds is 3. The van der Waals surface area contributed by atoms with Crippen LogP contribution >= 0.6 is 0 Å². The molecule has 5 heteroatoms. The lowest BCUT2D eigenvalue weighted by Crippen LogP contribution is -2.22. The van der Waals surface area contributed by atoms with E-state index < -0.39 is 0 Å². The Balaban J connectivity index is 2.46. The van der Waals surface area contributed by atoms with Crippen LogP contribution < -0.4 is 10.9 Å². The highest BCUT2D eigenvalue weighted by Crippen LogP contribution is 1.88. The minimum absolute atomic E-state index is 0.0571. The van der Waals surface area contributed by atoms with E-state index in [0.717, 1.165) is 5.69 Å². The van der Waals surface area contributed by atoms with Crippen LogP contribution in [-0.2, 0) is 18.3 Å². The van der Waals surface area contributed by atoms with E-state index in [1.54, 1.807) is 7.05 Å². The van der Waals surface area contributed by atoms with E-state index in [9.17, 15) is 9.59 Å². The van der Waals surface area contributed by atoms with E-state index in [1.807, 2.05) is 0 Å². The SMILES string of the molecule is CC(=O)NCCc1cc(=O)n(C)[nH]1. The highest BCUT2D eigenvalue weighted by molar-refractivity contribution is 5.72. The van der Waals surface area contributed by atoms with Crippen molar-refractivity contribution in [2.45, 2.75) is 13.3 Å². The van der Waals surface area contributed by atoms with Gasteiger partial charge in [-0.25, -0.2) is 0 Å². The van der Waals surface area contributed by atoms with Crippen LogP contribution in [0.3, 0.4) is 0 Å². The number of carbonyl (C=O) groups excluding carboxylic acids is 1. The Labute approximate surface area is 75.7 Å². The van der Waals surface area contributed by atoms with Gasteiger partial charge in [0.2, 0.25) is 5.91 Å². The van der Waals surface area contributed by atoms with Gasteiger partial charge in [0, 0.05) is 38.7 Å². The van der Waals surface area contributed by atoms with Gasteiger partial charge in [-0.3, -0.25) is 19.4 Å². The Morgan fingerprint density at radius 2 is 2.38 bits per heavy atom. The molecule has 0 atom stereocenters. The number of nitrogens with one attached hydrogen (secondary N) is 2. The Morgan fingerprint density at radius 1 is 1.69 bits per heavy atom. The Kier molecular flexibility index (Phi) is 2.89. The second-order valence-corrected chi connectivity index (χ2v) is 2.91. The van der Waals surface area contributed by atoms with Crippen LogP contribution in [0.2, 0.25) is 0 Å². The summed E-state index contributed by atoms with van der Waals surface area (Å²) in [4.78, 5) is 21.5. The lowest BCUT2D eigenvalue weighted by atomic mass is 10.3. The minimum Gasteiger partial charge on any atom is -0.356 e. The number of aromatic nitrogens is 2. The van der Waals surface area contributed by atoms with Crippen molar-refractivity contribution in [1.82, 2.24) is 15.1 Å². The average molecular weight is 183 g/mol. The van der Waals surface area contributed by atoms with Gasteiger partial charge in [0.25, 0.3) is 5.56 Å². The van der Waals surface area contributed by atoms with Crippen molar-refractivity contribution in [3.63, 3.8) is 0 Å². The number of carbonyl (C=O) groups is 1. The first-order valence-electron chi connectivity index (χ1n) is 4.09. The molecule has 0 saturated heterocycles. The van der Waals surface area contributed by atoms with Crippen LogP contribution in [-0.4, -0.2) is 22.2 Å². The average Bonchev–Trinajstić information content (AvgIpc) is 2.30. The third kappa shape index (κ3) is 2.77. The summed E-state index contributed by atoms with van der Waals surface area (Å²) in [5.41, 5.74) is 0.777. The molecule has 13 heavy (non-hydrogen) atoms. The zero-order chi connectivity index (χ0) is 9.84. The van der Waals surface area contributed by atoms with Crippen LogP contribution in [0.4, 0.5) is 0 Å². The van der Waals surface area contributed by atoms with Crippen LogP contribution in [0.5, 0.6) is 0 Å². The molecule has 0 unspecified atom stereocenters. The molecule has 0 bridgehead atoms. The maximum Gasteiger partial charge on any atom is 0.266 e. The predicted molar refractivity (Wildman–Crippen MR) is 48.4 cm³/mol. The molecule has 0 aromatic carbocycles. The fourth-order valence-corrected chi connectivity index (χ4v) is 1.05. The summed E-state index contributed by atoms with van der Waals surface area (Å²) in [7, 11) is 1.66. The number of aromatic amines is 1. The quantitative estimate of drug-likeness (QED) is 0.656. The molecule has 0 aliphatic rings. The standard InChI is InChI=1S/C8H13N3O2/c1-6(12)9-4-3-7-5-8(13)11(2)10-7/h5,10H,3-4H2,1-2H3,(H,9,12). The normalized spacial score (nSPS) is 10.0. The molecule has 1 aromatic rings. The second kappa shape index (κ2) is 3.93. The molecule has 1 amide bonds. The third-order valence-electron chi connectivity index (χ3n) is 1.71. The molecule has 5 nitrogen and oxygen atoms in total. The monoisotopic (exact) mass is 183 g/mol. The zero-order valence-corrected chi connectivity index (χ0v) is 7.76. The van der Waals surface area contributed by atoms with E-state index in [4.69, 9.17) is 0 Å². The van der Waals surface area contributed by atoms with Gasteiger partial charge in [-0.05, 0) is 0 Å². The lowest BCUT2D eigenvalue weighted by Gasteiger charge is -1.98. The summed E-state index contributed by atoms with van der Waals surface area (Å²) in [6, 6.07) is 1.53. The number of hydrogen-bond acceptors (Lipinski definition) is 2. The van der Waals surface area contributed by atoms with Crippen molar-refractivity contribution >= 4 is 5.91 Å². The van der Waals surface area contributed by atoms with Crippen molar-refractivity contribution in [2.75, 3.05) is 6.54 Å². The van der Waals surface area contributed by atoms with Gasteiger partial charge in [-0.1, -0.05) is 0 Å².